The lowest BCUT2D eigenvalue weighted by molar-refractivity contribution is 0.134. The van der Waals surface area contributed by atoms with Crippen LogP contribution in [0.1, 0.15) is 30.4 Å². The average Bonchev–Trinajstić information content (AvgIpc) is 2.90. The van der Waals surface area contributed by atoms with Gasteiger partial charge < -0.3 is 10.4 Å². The second-order valence-corrected chi connectivity index (χ2v) is 8.27. The van der Waals surface area contributed by atoms with Crippen LogP contribution < -0.4 is 14.3 Å². The highest BCUT2D eigenvalue weighted by Gasteiger charge is 2.35. The van der Waals surface area contributed by atoms with Crippen LogP contribution in [0.5, 0.6) is 5.75 Å². The van der Waals surface area contributed by atoms with Crippen LogP contribution >= 0.6 is 0 Å². The van der Waals surface area contributed by atoms with Crippen molar-refractivity contribution in [1.82, 2.24) is 10.0 Å². The number of rotatable bonds is 6. The van der Waals surface area contributed by atoms with E-state index in [4.69, 9.17) is 0 Å². The molecule has 1 unspecified atom stereocenters. The number of alkyl halides is 2. The van der Waals surface area contributed by atoms with Gasteiger partial charge in [0.15, 0.2) is 5.82 Å². The molecule has 0 saturated carbocycles. The summed E-state index contributed by atoms with van der Waals surface area (Å²) in [6, 6.07) is 1.43. The molecular weight excluding hydrogens is 371 g/mol. The number of halogens is 3. The highest BCUT2D eigenvalue weighted by Crippen LogP contribution is 2.39. The minimum atomic E-state index is -3.83. The Morgan fingerprint density at radius 2 is 2.19 bits per heavy atom. The van der Waals surface area contributed by atoms with Gasteiger partial charge in [0.05, 0.1) is 0 Å². The molecule has 3 N–H and O–H groups in total. The molecule has 0 aromatic heterocycles. The number of phenols is 1. The zero-order valence-electron chi connectivity index (χ0n) is 14.1. The summed E-state index contributed by atoms with van der Waals surface area (Å²) in [6.07, 6.45) is -0.646. The number of nitrogens with zero attached hydrogens (tertiary/aromatic N) is 1. The monoisotopic (exact) mass is 393 g/mol. The van der Waals surface area contributed by atoms with Crippen LogP contribution in [0.3, 0.4) is 0 Å². The number of anilines is 1. The van der Waals surface area contributed by atoms with Crippen molar-refractivity contribution in [2.24, 2.45) is 0 Å². The van der Waals surface area contributed by atoms with Gasteiger partial charge in [0.1, 0.15) is 11.4 Å². The first-order chi connectivity index (χ1) is 12.3. The van der Waals surface area contributed by atoms with Crippen LogP contribution in [0.2, 0.25) is 0 Å². The van der Waals surface area contributed by atoms with Gasteiger partial charge in [0.25, 0.3) is 0 Å². The van der Waals surface area contributed by atoms with E-state index in [9.17, 15) is 26.7 Å². The Morgan fingerprint density at radius 3 is 2.85 bits per heavy atom. The highest BCUT2D eigenvalue weighted by molar-refractivity contribution is 7.91. The summed E-state index contributed by atoms with van der Waals surface area (Å²) in [5, 5.41) is 13.4. The van der Waals surface area contributed by atoms with Crippen molar-refractivity contribution in [1.29, 1.82) is 0 Å². The van der Waals surface area contributed by atoms with E-state index in [0.717, 1.165) is 4.31 Å². The molecule has 1 aromatic carbocycles. The van der Waals surface area contributed by atoms with Crippen molar-refractivity contribution in [3.8, 4) is 5.75 Å². The number of nitrogens with one attached hydrogen (secondary N) is 2. The molecule has 0 radical (unpaired) electrons. The van der Waals surface area contributed by atoms with Crippen LogP contribution in [-0.2, 0) is 23.1 Å². The Labute approximate surface area is 150 Å². The average molecular weight is 393 g/mol. The van der Waals surface area contributed by atoms with Gasteiger partial charge in [-0.25, -0.2) is 17.5 Å². The zero-order valence-corrected chi connectivity index (χ0v) is 15.0. The van der Waals surface area contributed by atoms with E-state index in [-0.39, 0.29) is 31.2 Å². The second-order valence-electron chi connectivity index (χ2n) is 6.59. The first kappa shape index (κ1) is 19.2. The molecule has 1 heterocycles. The zero-order chi connectivity index (χ0) is 18.9. The van der Waals surface area contributed by atoms with Crippen molar-refractivity contribution in [3.05, 3.63) is 23.0 Å². The summed E-state index contributed by atoms with van der Waals surface area (Å²) in [5.74, 6) is -1.12. The standard InChI is InChI=1S/C16H22F3N3O3S/c17-14(18)2-1-5-20-11-3-4-12-10(8-11)9-13(23)16(15(12)19)22-7-6-21-26(22,24)25/h9,11,14,20-21,23H,1-8H2. The van der Waals surface area contributed by atoms with Gasteiger partial charge in [-0.1, -0.05) is 0 Å². The fraction of sp³-hybridized carbons (Fsp3) is 0.625. The van der Waals surface area contributed by atoms with Crippen molar-refractivity contribution in [2.45, 2.75) is 44.6 Å². The molecule has 1 saturated heterocycles. The molecule has 0 amide bonds. The second kappa shape index (κ2) is 7.61. The van der Waals surface area contributed by atoms with E-state index < -0.39 is 28.2 Å². The summed E-state index contributed by atoms with van der Waals surface area (Å²) in [4.78, 5) is 0. The molecule has 1 aliphatic carbocycles. The van der Waals surface area contributed by atoms with Crippen molar-refractivity contribution < 1.29 is 26.7 Å². The SMILES string of the molecule is O=S1(=O)NCCN1c1c(O)cc2c(c1F)CCC(NCCCC(F)F)C2. The smallest absolute Gasteiger partial charge is 0.301 e. The summed E-state index contributed by atoms with van der Waals surface area (Å²) in [5.41, 5.74) is 0.716. The van der Waals surface area contributed by atoms with E-state index >= 15 is 0 Å². The van der Waals surface area contributed by atoms with Crippen LogP contribution in [0.4, 0.5) is 18.9 Å². The first-order valence-corrected chi connectivity index (χ1v) is 10.1. The van der Waals surface area contributed by atoms with Crippen molar-refractivity contribution >= 4 is 15.9 Å². The Kier molecular flexibility index (Phi) is 5.64. The minimum absolute atomic E-state index is 0.0157. The number of phenolic OH excluding ortho intramolecular Hbond substituents is 1. The molecule has 1 aliphatic heterocycles. The molecular formula is C16H22F3N3O3S. The maximum absolute atomic E-state index is 14.9. The molecule has 1 aromatic rings. The molecule has 6 nitrogen and oxygen atoms in total. The van der Waals surface area contributed by atoms with Gasteiger partial charge >= 0.3 is 10.2 Å². The Balaban J connectivity index is 1.75. The first-order valence-electron chi connectivity index (χ1n) is 8.61. The van der Waals surface area contributed by atoms with E-state index in [1.807, 2.05) is 0 Å². The van der Waals surface area contributed by atoms with Gasteiger partial charge in [0.2, 0.25) is 6.43 Å². The molecule has 146 valence electrons. The van der Waals surface area contributed by atoms with Gasteiger partial charge in [-0.3, -0.25) is 0 Å². The van der Waals surface area contributed by atoms with E-state index in [1.165, 1.54) is 6.07 Å². The fourth-order valence-corrected chi connectivity index (χ4v) is 4.79. The number of fused-ring (bicyclic) bond motifs is 1. The molecule has 10 heteroatoms. The predicted octanol–water partition coefficient (Wildman–Crippen LogP) is 1.68. The van der Waals surface area contributed by atoms with E-state index in [2.05, 4.69) is 10.0 Å². The molecule has 2 aliphatic rings. The Hall–Kier alpha value is -1.52. The summed E-state index contributed by atoms with van der Waals surface area (Å²) in [6.45, 7) is 0.664. The van der Waals surface area contributed by atoms with Gasteiger partial charge in [0, 0.05) is 25.6 Å². The third kappa shape index (κ3) is 3.91. The van der Waals surface area contributed by atoms with Crippen LogP contribution in [0, 0.1) is 5.82 Å². The van der Waals surface area contributed by atoms with Crippen LogP contribution in [0.25, 0.3) is 0 Å². The highest BCUT2D eigenvalue weighted by atomic mass is 32.2. The quantitative estimate of drug-likeness (QED) is 0.643. The van der Waals surface area contributed by atoms with Crippen molar-refractivity contribution in [3.63, 3.8) is 0 Å². The molecule has 26 heavy (non-hydrogen) atoms. The number of hydrogen-bond acceptors (Lipinski definition) is 4. The van der Waals surface area contributed by atoms with Crippen molar-refractivity contribution in [2.75, 3.05) is 23.9 Å². The predicted molar refractivity (Wildman–Crippen MR) is 91.4 cm³/mol. The molecule has 0 bridgehead atoms. The number of benzene rings is 1. The molecule has 0 spiro atoms. The van der Waals surface area contributed by atoms with Gasteiger partial charge in [-0.05, 0) is 49.4 Å². The van der Waals surface area contributed by atoms with Gasteiger partial charge in [-0.2, -0.15) is 13.1 Å². The van der Waals surface area contributed by atoms with Crippen LogP contribution in [-0.4, -0.2) is 45.6 Å². The maximum atomic E-state index is 14.9. The van der Waals surface area contributed by atoms with Gasteiger partial charge in [-0.15, -0.1) is 0 Å². The topological polar surface area (TPSA) is 81.7 Å². The van der Waals surface area contributed by atoms with E-state index in [0.29, 0.717) is 43.4 Å². The molecule has 1 atom stereocenters. The van der Waals surface area contributed by atoms with E-state index in [1.54, 1.807) is 0 Å². The maximum Gasteiger partial charge on any atom is 0.301 e. The summed E-state index contributed by atoms with van der Waals surface area (Å²) in [7, 11) is -3.83. The van der Waals surface area contributed by atoms with Crippen LogP contribution in [0.15, 0.2) is 6.07 Å². The minimum Gasteiger partial charge on any atom is -0.506 e. The summed E-state index contributed by atoms with van der Waals surface area (Å²) >= 11 is 0. The lowest BCUT2D eigenvalue weighted by Gasteiger charge is -2.28. The largest absolute Gasteiger partial charge is 0.506 e. The lowest BCUT2D eigenvalue weighted by Crippen LogP contribution is -2.36. The Morgan fingerprint density at radius 1 is 1.42 bits per heavy atom. The third-order valence-electron chi connectivity index (χ3n) is 4.79. The normalized spacial score (nSPS) is 22.0. The lowest BCUT2D eigenvalue weighted by atomic mass is 9.87. The Bertz CT molecular complexity index is 774. The molecule has 1 fully saturated rings. The number of hydrogen-bond donors (Lipinski definition) is 3. The number of aromatic hydroxyl groups is 1. The third-order valence-corrected chi connectivity index (χ3v) is 6.31. The summed E-state index contributed by atoms with van der Waals surface area (Å²) < 4.78 is 66.3. The fourth-order valence-electron chi connectivity index (χ4n) is 3.54. The molecule has 3 rings (SSSR count).